The van der Waals surface area contributed by atoms with E-state index in [1.54, 1.807) is 0 Å². The fourth-order valence-electron chi connectivity index (χ4n) is 6.35. The van der Waals surface area contributed by atoms with Crippen molar-refractivity contribution in [2.75, 3.05) is 4.90 Å². The molecule has 0 spiro atoms. The maximum absolute atomic E-state index is 2.38. The smallest absolute Gasteiger partial charge is 0.0574 e. The average molecular weight is 499 g/mol. The summed E-state index contributed by atoms with van der Waals surface area (Å²) in [6, 6.07) is 50.5. The SMILES string of the molecule is Cn1c2cc(N(c3ccccc3)c3ccc4ccccc4c3)ccc2c2c3ccccc3c3ccccc3c21. The van der Waals surface area contributed by atoms with Crippen LogP contribution in [0.15, 0.2) is 140 Å². The van der Waals surface area contributed by atoms with Gasteiger partial charge in [-0.1, -0.05) is 103 Å². The van der Waals surface area contributed by atoms with Gasteiger partial charge in [0.1, 0.15) is 0 Å². The molecule has 1 heterocycles. The first-order valence-electron chi connectivity index (χ1n) is 13.4. The van der Waals surface area contributed by atoms with Gasteiger partial charge < -0.3 is 9.47 Å². The van der Waals surface area contributed by atoms with E-state index in [1.807, 2.05) is 0 Å². The molecule has 1 aromatic heterocycles. The zero-order valence-electron chi connectivity index (χ0n) is 21.7. The maximum Gasteiger partial charge on any atom is 0.0574 e. The van der Waals surface area contributed by atoms with Crippen LogP contribution in [0.3, 0.4) is 0 Å². The summed E-state index contributed by atoms with van der Waals surface area (Å²) in [6.45, 7) is 0. The van der Waals surface area contributed by atoms with Crippen molar-refractivity contribution >= 4 is 71.2 Å². The van der Waals surface area contributed by atoms with Gasteiger partial charge in [-0.3, -0.25) is 0 Å². The summed E-state index contributed by atoms with van der Waals surface area (Å²) in [5.41, 5.74) is 5.94. The molecule has 0 unspecified atom stereocenters. The van der Waals surface area contributed by atoms with Crippen LogP contribution in [0.4, 0.5) is 17.1 Å². The highest BCUT2D eigenvalue weighted by Gasteiger charge is 2.19. The Morgan fingerprint density at radius 1 is 0.436 bits per heavy atom. The minimum absolute atomic E-state index is 1.14. The summed E-state index contributed by atoms with van der Waals surface area (Å²) in [5, 5.41) is 10.3. The molecule has 0 fully saturated rings. The van der Waals surface area contributed by atoms with Gasteiger partial charge in [0.25, 0.3) is 0 Å². The van der Waals surface area contributed by atoms with E-state index < -0.39 is 0 Å². The number of benzene rings is 7. The summed E-state index contributed by atoms with van der Waals surface area (Å²) >= 11 is 0. The van der Waals surface area contributed by atoms with Crippen molar-refractivity contribution in [3.05, 3.63) is 140 Å². The van der Waals surface area contributed by atoms with Crippen molar-refractivity contribution in [1.82, 2.24) is 4.57 Å². The molecule has 0 saturated heterocycles. The van der Waals surface area contributed by atoms with E-state index >= 15 is 0 Å². The van der Waals surface area contributed by atoms with Gasteiger partial charge in [-0.05, 0) is 63.3 Å². The minimum atomic E-state index is 1.14. The maximum atomic E-state index is 2.38. The number of hydrogen-bond donors (Lipinski definition) is 0. The second-order valence-corrected chi connectivity index (χ2v) is 10.3. The van der Waals surface area contributed by atoms with Crippen LogP contribution in [0.5, 0.6) is 0 Å². The van der Waals surface area contributed by atoms with E-state index in [0.29, 0.717) is 0 Å². The van der Waals surface area contributed by atoms with Crippen molar-refractivity contribution in [1.29, 1.82) is 0 Å². The van der Waals surface area contributed by atoms with Gasteiger partial charge in [0.2, 0.25) is 0 Å². The molecular formula is C37H26N2. The Bertz CT molecular complexity index is 2190. The third-order valence-corrected chi connectivity index (χ3v) is 8.12. The second-order valence-electron chi connectivity index (χ2n) is 10.3. The molecule has 8 rings (SSSR count). The Kier molecular flexibility index (Phi) is 4.77. The van der Waals surface area contributed by atoms with Crippen molar-refractivity contribution in [2.45, 2.75) is 0 Å². The number of hydrogen-bond acceptors (Lipinski definition) is 1. The molecule has 0 saturated carbocycles. The van der Waals surface area contributed by atoms with Gasteiger partial charge in [-0.2, -0.15) is 0 Å². The highest BCUT2D eigenvalue weighted by molar-refractivity contribution is 6.31. The molecule has 0 aliphatic rings. The molecule has 0 bridgehead atoms. The molecule has 0 atom stereocenters. The predicted octanol–water partition coefficient (Wildman–Crippen LogP) is 10.3. The summed E-state index contributed by atoms with van der Waals surface area (Å²) in [7, 11) is 2.21. The van der Waals surface area contributed by atoms with Crippen LogP contribution < -0.4 is 4.90 Å². The van der Waals surface area contributed by atoms with Gasteiger partial charge in [-0.15, -0.1) is 0 Å². The van der Waals surface area contributed by atoms with Crippen LogP contribution in [-0.4, -0.2) is 4.57 Å². The van der Waals surface area contributed by atoms with E-state index in [0.717, 1.165) is 17.1 Å². The van der Waals surface area contributed by atoms with Crippen LogP contribution in [0.2, 0.25) is 0 Å². The number of para-hydroxylation sites is 1. The normalized spacial score (nSPS) is 11.7. The summed E-state index contributed by atoms with van der Waals surface area (Å²) in [6.07, 6.45) is 0. The molecule has 0 radical (unpaired) electrons. The van der Waals surface area contributed by atoms with E-state index in [9.17, 15) is 0 Å². The number of fused-ring (bicyclic) bond motifs is 9. The first kappa shape index (κ1) is 22.0. The highest BCUT2D eigenvalue weighted by atomic mass is 15.1. The fourth-order valence-corrected chi connectivity index (χ4v) is 6.35. The van der Waals surface area contributed by atoms with Gasteiger partial charge in [0.05, 0.1) is 11.0 Å². The summed E-state index contributed by atoms with van der Waals surface area (Å²) in [5.74, 6) is 0. The monoisotopic (exact) mass is 498 g/mol. The number of rotatable bonds is 3. The van der Waals surface area contributed by atoms with Crippen LogP contribution in [0.25, 0.3) is 54.1 Å². The third kappa shape index (κ3) is 3.28. The van der Waals surface area contributed by atoms with Crippen molar-refractivity contribution in [3.8, 4) is 0 Å². The Labute approximate surface area is 226 Å². The number of nitrogens with zero attached hydrogens (tertiary/aromatic N) is 2. The van der Waals surface area contributed by atoms with E-state index in [-0.39, 0.29) is 0 Å². The zero-order chi connectivity index (χ0) is 25.9. The van der Waals surface area contributed by atoms with E-state index in [2.05, 4.69) is 156 Å². The lowest BCUT2D eigenvalue weighted by atomic mass is 9.97. The van der Waals surface area contributed by atoms with E-state index in [1.165, 1.54) is 54.1 Å². The molecule has 0 amide bonds. The molecule has 7 aromatic carbocycles. The number of aromatic nitrogens is 1. The van der Waals surface area contributed by atoms with Crippen LogP contribution >= 0.6 is 0 Å². The molecule has 0 N–H and O–H groups in total. The van der Waals surface area contributed by atoms with Gasteiger partial charge in [-0.25, -0.2) is 0 Å². The topological polar surface area (TPSA) is 8.17 Å². The fraction of sp³-hybridized carbons (Fsp3) is 0.0270. The van der Waals surface area contributed by atoms with Crippen LogP contribution in [-0.2, 0) is 7.05 Å². The lowest BCUT2D eigenvalue weighted by Crippen LogP contribution is -2.09. The number of aryl methyl sites for hydroxylation is 1. The zero-order valence-corrected chi connectivity index (χ0v) is 21.7. The molecule has 2 heteroatoms. The second kappa shape index (κ2) is 8.47. The molecule has 0 aliphatic heterocycles. The Balaban J connectivity index is 1.44. The van der Waals surface area contributed by atoms with Crippen molar-refractivity contribution in [2.24, 2.45) is 7.05 Å². The highest BCUT2D eigenvalue weighted by Crippen LogP contribution is 2.43. The molecule has 2 nitrogen and oxygen atoms in total. The molecule has 8 aromatic rings. The van der Waals surface area contributed by atoms with Crippen LogP contribution in [0.1, 0.15) is 0 Å². The predicted molar refractivity (Wildman–Crippen MR) is 168 cm³/mol. The standard InChI is InChI=1S/C37H26N2/c1-38-35-24-29(39(27-13-3-2-4-14-27)28-20-19-25-11-5-6-12-26(25)23-28)21-22-34(35)36-32-17-9-7-15-30(32)31-16-8-10-18-33(31)37(36)38/h2-24H,1H3. The molecule has 0 aliphatic carbocycles. The minimum Gasteiger partial charge on any atom is -0.343 e. The Morgan fingerprint density at radius 3 is 1.82 bits per heavy atom. The number of anilines is 3. The van der Waals surface area contributed by atoms with Gasteiger partial charge in [0.15, 0.2) is 0 Å². The Morgan fingerprint density at radius 2 is 1.03 bits per heavy atom. The molecular weight excluding hydrogens is 472 g/mol. The molecule has 39 heavy (non-hydrogen) atoms. The average Bonchev–Trinajstić information content (AvgIpc) is 3.30. The summed E-state index contributed by atoms with van der Waals surface area (Å²) in [4.78, 5) is 2.36. The third-order valence-electron chi connectivity index (χ3n) is 8.12. The lowest BCUT2D eigenvalue weighted by molar-refractivity contribution is 1.02. The quantitative estimate of drug-likeness (QED) is 0.220. The largest absolute Gasteiger partial charge is 0.343 e. The van der Waals surface area contributed by atoms with Crippen molar-refractivity contribution < 1.29 is 0 Å². The van der Waals surface area contributed by atoms with Gasteiger partial charge in [0, 0.05) is 40.3 Å². The first-order chi connectivity index (χ1) is 19.3. The van der Waals surface area contributed by atoms with Crippen molar-refractivity contribution in [3.63, 3.8) is 0 Å². The van der Waals surface area contributed by atoms with Crippen LogP contribution in [0, 0.1) is 0 Å². The Hall–Kier alpha value is -5.08. The summed E-state index contributed by atoms with van der Waals surface area (Å²) < 4.78 is 2.38. The van der Waals surface area contributed by atoms with Gasteiger partial charge >= 0.3 is 0 Å². The lowest BCUT2D eigenvalue weighted by Gasteiger charge is -2.26. The van der Waals surface area contributed by atoms with E-state index in [4.69, 9.17) is 0 Å². The first-order valence-corrected chi connectivity index (χ1v) is 13.4. The molecule has 184 valence electrons.